The molecule has 140 valence electrons. The lowest BCUT2D eigenvalue weighted by Gasteiger charge is -2.36. The molecule has 0 saturated carbocycles. The van der Waals surface area contributed by atoms with Gasteiger partial charge in [0.15, 0.2) is 5.60 Å². The van der Waals surface area contributed by atoms with Crippen LogP contribution >= 0.6 is 0 Å². The molecule has 7 nitrogen and oxygen atoms in total. The van der Waals surface area contributed by atoms with Crippen LogP contribution in [0.5, 0.6) is 11.5 Å². The fraction of sp³-hybridized carbons (Fsp3) is 0.526. The van der Waals surface area contributed by atoms with E-state index in [1.807, 2.05) is 27.7 Å². The average molecular weight is 359 g/mol. The third kappa shape index (κ3) is 3.02. The number of fused-ring (bicyclic) bond motifs is 1. The summed E-state index contributed by atoms with van der Waals surface area (Å²) >= 11 is 0. The number of phenolic OH excluding ortho intramolecular Hbond substituents is 1. The molecule has 0 aliphatic carbocycles. The van der Waals surface area contributed by atoms with E-state index in [1.54, 1.807) is 6.92 Å². The van der Waals surface area contributed by atoms with Crippen molar-refractivity contribution in [3.05, 3.63) is 34.0 Å². The van der Waals surface area contributed by atoms with Gasteiger partial charge in [-0.2, -0.15) is 0 Å². The Kier molecular flexibility index (Phi) is 4.64. The second-order valence-corrected chi connectivity index (χ2v) is 6.99. The topological polar surface area (TPSA) is 97.5 Å². The van der Waals surface area contributed by atoms with Crippen LogP contribution in [0.2, 0.25) is 0 Å². The zero-order chi connectivity index (χ0) is 19.1. The van der Waals surface area contributed by atoms with Crippen molar-refractivity contribution in [2.75, 3.05) is 0 Å². The van der Waals surface area contributed by atoms with Gasteiger partial charge in [0.25, 0.3) is 5.91 Å². The van der Waals surface area contributed by atoms with Crippen molar-refractivity contribution in [3.63, 3.8) is 0 Å². The zero-order valence-corrected chi connectivity index (χ0v) is 15.9. The summed E-state index contributed by atoms with van der Waals surface area (Å²) in [5, 5.41) is 20.9. The first kappa shape index (κ1) is 18.2. The van der Waals surface area contributed by atoms with Gasteiger partial charge >= 0.3 is 0 Å². The van der Waals surface area contributed by atoms with Crippen molar-refractivity contribution >= 4 is 5.91 Å². The molecular weight excluding hydrogens is 334 g/mol. The largest absolute Gasteiger partial charge is 0.507 e. The number of hydrogen-bond donors (Lipinski definition) is 2. The molecule has 1 aromatic heterocycles. The third-order valence-corrected chi connectivity index (χ3v) is 5.21. The van der Waals surface area contributed by atoms with Gasteiger partial charge in [-0.3, -0.25) is 4.79 Å². The fourth-order valence-corrected chi connectivity index (χ4v) is 3.25. The number of amides is 1. The minimum absolute atomic E-state index is 0.171. The summed E-state index contributed by atoms with van der Waals surface area (Å²) in [7, 11) is 0. The van der Waals surface area contributed by atoms with E-state index >= 15 is 0 Å². The summed E-state index contributed by atoms with van der Waals surface area (Å²) < 4.78 is 11.6. The van der Waals surface area contributed by atoms with Crippen LogP contribution in [-0.4, -0.2) is 26.8 Å². The van der Waals surface area contributed by atoms with Gasteiger partial charge in [-0.15, -0.1) is 10.2 Å². The molecule has 1 unspecified atom stereocenters. The Labute approximate surface area is 152 Å². The van der Waals surface area contributed by atoms with E-state index < -0.39 is 5.60 Å². The summed E-state index contributed by atoms with van der Waals surface area (Å²) in [5.41, 5.74) is 2.46. The third-order valence-electron chi connectivity index (χ3n) is 5.21. The van der Waals surface area contributed by atoms with E-state index in [9.17, 15) is 9.90 Å². The van der Waals surface area contributed by atoms with Gasteiger partial charge in [0.2, 0.25) is 11.8 Å². The Morgan fingerprint density at radius 1 is 1.19 bits per heavy atom. The van der Waals surface area contributed by atoms with Crippen molar-refractivity contribution in [1.82, 2.24) is 15.5 Å². The van der Waals surface area contributed by atoms with Gasteiger partial charge in [0.05, 0.1) is 6.54 Å². The number of carbonyl (C=O) groups is 1. The maximum atomic E-state index is 12.8. The number of rotatable bonds is 4. The highest BCUT2D eigenvalue weighted by atomic mass is 16.5. The molecule has 0 bridgehead atoms. The van der Waals surface area contributed by atoms with Crippen molar-refractivity contribution in [3.8, 4) is 11.5 Å². The molecule has 1 atom stereocenters. The molecular formula is C19H25N3O4. The van der Waals surface area contributed by atoms with E-state index in [0.717, 1.165) is 22.3 Å². The summed E-state index contributed by atoms with van der Waals surface area (Å²) in [5.74, 6) is 1.71. The van der Waals surface area contributed by atoms with Gasteiger partial charge in [-0.1, -0.05) is 6.92 Å². The van der Waals surface area contributed by atoms with Crippen LogP contribution in [-0.2, 0) is 24.2 Å². The number of aromatic nitrogens is 2. The summed E-state index contributed by atoms with van der Waals surface area (Å²) in [4.78, 5) is 12.8. The van der Waals surface area contributed by atoms with E-state index in [4.69, 9.17) is 9.15 Å². The predicted molar refractivity (Wildman–Crippen MR) is 95.2 cm³/mol. The maximum absolute atomic E-state index is 12.8. The van der Waals surface area contributed by atoms with E-state index in [-0.39, 0.29) is 12.5 Å². The quantitative estimate of drug-likeness (QED) is 0.871. The molecule has 26 heavy (non-hydrogen) atoms. The molecule has 3 rings (SSSR count). The monoisotopic (exact) mass is 359 g/mol. The van der Waals surface area contributed by atoms with Crippen molar-refractivity contribution in [2.45, 2.75) is 66.0 Å². The number of carbonyl (C=O) groups excluding carboxylic acids is 1. The number of aryl methyl sites for hydroxylation is 1. The highest BCUT2D eigenvalue weighted by Gasteiger charge is 2.40. The minimum atomic E-state index is -0.985. The number of hydrogen-bond acceptors (Lipinski definition) is 6. The minimum Gasteiger partial charge on any atom is -0.507 e. The number of aromatic hydroxyl groups is 1. The highest BCUT2D eigenvalue weighted by molar-refractivity contribution is 5.85. The first-order chi connectivity index (χ1) is 12.3. The Hall–Kier alpha value is -2.57. The second-order valence-electron chi connectivity index (χ2n) is 6.99. The SMILES string of the molecule is CCc1nnc(CNC(=O)C2(C)CCc3c(C)c(O)c(C)c(C)c3O2)o1. The Bertz CT molecular complexity index is 859. The van der Waals surface area contributed by atoms with Gasteiger partial charge < -0.3 is 19.6 Å². The lowest BCUT2D eigenvalue weighted by molar-refractivity contribution is -0.137. The normalized spacial score (nSPS) is 19.0. The number of benzene rings is 1. The van der Waals surface area contributed by atoms with Crippen molar-refractivity contribution in [2.24, 2.45) is 0 Å². The van der Waals surface area contributed by atoms with Crippen LogP contribution < -0.4 is 10.1 Å². The number of ether oxygens (including phenoxy) is 1. The maximum Gasteiger partial charge on any atom is 0.264 e. The molecule has 0 spiro atoms. The smallest absolute Gasteiger partial charge is 0.264 e. The van der Waals surface area contributed by atoms with Crippen LogP contribution in [0.25, 0.3) is 0 Å². The molecule has 1 aliphatic heterocycles. The molecule has 2 N–H and O–H groups in total. The van der Waals surface area contributed by atoms with E-state index in [1.165, 1.54) is 0 Å². The molecule has 1 amide bonds. The van der Waals surface area contributed by atoms with Crippen molar-refractivity contribution in [1.29, 1.82) is 0 Å². The first-order valence-corrected chi connectivity index (χ1v) is 8.87. The average Bonchev–Trinajstić information content (AvgIpc) is 3.10. The lowest BCUT2D eigenvalue weighted by Crippen LogP contribution is -2.50. The number of nitrogens with zero attached hydrogens (tertiary/aromatic N) is 2. The molecule has 0 fully saturated rings. The zero-order valence-electron chi connectivity index (χ0n) is 15.9. The van der Waals surface area contributed by atoms with Gasteiger partial charge in [-0.25, -0.2) is 0 Å². The van der Waals surface area contributed by atoms with Gasteiger partial charge in [0, 0.05) is 18.4 Å². The summed E-state index contributed by atoms with van der Waals surface area (Å²) in [6, 6.07) is 0. The Morgan fingerprint density at radius 2 is 1.88 bits per heavy atom. The molecule has 2 aromatic rings. The van der Waals surface area contributed by atoms with Crippen LogP contribution in [0.3, 0.4) is 0 Å². The Balaban J connectivity index is 1.78. The number of nitrogens with one attached hydrogen (secondary N) is 1. The molecule has 0 saturated heterocycles. The van der Waals surface area contributed by atoms with E-state index in [0.29, 0.717) is 42.5 Å². The molecule has 0 radical (unpaired) electrons. The highest BCUT2D eigenvalue weighted by Crippen LogP contribution is 2.43. The lowest BCUT2D eigenvalue weighted by atomic mass is 9.86. The molecule has 7 heteroatoms. The second kappa shape index (κ2) is 6.63. The summed E-state index contributed by atoms with van der Waals surface area (Å²) in [6.45, 7) is 9.52. The molecule has 1 aliphatic rings. The summed E-state index contributed by atoms with van der Waals surface area (Å²) in [6.07, 6.45) is 1.85. The van der Waals surface area contributed by atoms with Crippen molar-refractivity contribution < 1.29 is 19.1 Å². The van der Waals surface area contributed by atoms with Crippen LogP contribution in [0.4, 0.5) is 0 Å². The van der Waals surface area contributed by atoms with Crippen LogP contribution in [0.1, 0.15) is 54.3 Å². The molecule has 2 heterocycles. The van der Waals surface area contributed by atoms with Gasteiger partial charge in [-0.05, 0) is 50.8 Å². The van der Waals surface area contributed by atoms with Crippen LogP contribution in [0.15, 0.2) is 4.42 Å². The van der Waals surface area contributed by atoms with Gasteiger partial charge in [0.1, 0.15) is 11.5 Å². The number of phenols is 1. The predicted octanol–water partition coefficient (Wildman–Crippen LogP) is 2.66. The fourth-order valence-electron chi connectivity index (χ4n) is 3.25. The first-order valence-electron chi connectivity index (χ1n) is 8.87. The van der Waals surface area contributed by atoms with Crippen LogP contribution in [0, 0.1) is 20.8 Å². The molecule has 1 aromatic carbocycles. The van der Waals surface area contributed by atoms with E-state index in [2.05, 4.69) is 15.5 Å². The standard InChI is InChI=1S/C19H25N3O4/c1-6-14-21-22-15(25-14)9-20-18(24)19(5)8-7-13-12(4)16(23)10(2)11(3)17(13)26-19/h23H,6-9H2,1-5H3,(H,20,24). The Morgan fingerprint density at radius 3 is 2.54 bits per heavy atom.